The molecule has 1 aromatic carbocycles. The van der Waals surface area contributed by atoms with Crippen LogP contribution in [0.15, 0.2) is 67.0 Å². The number of anilines is 1. The van der Waals surface area contributed by atoms with Gasteiger partial charge in [-0.15, -0.1) is 0 Å². The highest BCUT2D eigenvalue weighted by Crippen LogP contribution is 2.43. The molecule has 5 heteroatoms. The number of aromatic nitrogens is 2. The van der Waals surface area contributed by atoms with Gasteiger partial charge in [0.05, 0.1) is 11.7 Å². The monoisotopic (exact) mass is 430 g/mol. The molecule has 0 unspecified atom stereocenters. The lowest BCUT2D eigenvalue weighted by molar-refractivity contribution is 0.461. The molecule has 3 heterocycles. The molecule has 0 bridgehead atoms. The second-order valence-electron chi connectivity index (χ2n) is 9.02. The third kappa shape index (κ3) is 3.76. The maximum atomic E-state index is 5.89. The quantitative estimate of drug-likeness (QED) is 0.482. The van der Waals surface area contributed by atoms with E-state index in [-0.39, 0.29) is 12.1 Å². The average Bonchev–Trinajstić information content (AvgIpc) is 3.53. The van der Waals surface area contributed by atoms with Crippen LogP contribution in [0.4, 0.5) is 5.69 Å². The smallest absolute Gasteiger partial charge is 0.174 e. The number of nitrogens with one attached hydrogen (secondary N) is 1. The molecule has 0 spiro atoms. The molecule has 1 aliphatic carbocycles. The highest BCUT2D eigenvalue weighted by Gasteiger charge is 2.42. The predicted molar refractivity (Wildman–Crippen MR) is 130 cm³/mol. The Labute approximate surface area is 190 Å². The second kappa shape index (κ2) is 8.46. The van der Waals surface area contributed by atoms with Crippen molar-refractivity contribution >= 4 is 23.0 Å². The summed E-state index contributed by atoms with van der Waals surface area (Å²) in [5.41, 5.74) is 4.80. The minimum absolute atomic E-state index is 0.00790. The normalized spacial score (nSPS) is 21.8. The van der Waals surface area contributed by atoms with E-state index < -0.39 is 0 Å². The van der Waals surface area contributed by atoms with Crippen LogP contribution in [-0.4, -0.2) is 14.7 Å². The summed E-state index contributed by atoms with van der Waals surface area (Å²) in [7, 11) is 0. The van der Waals surface area contributed by atoms with Crippen LogP contribution in [0.1, 0.15) is 80.5 Å². The Morgan fingerprint density at radius 1 is 1.00 bits per heavy atom. The Morgan fingerprint density at radius 3 is 2.45 bits per heavy atom. The Bertz CT molecular complexity index is 1030. The Balaban J connectivity index is 1.59. The van der Waals surface area contributed by atoms with Gasteiger partial charge in [-0.3, -0.25) is 4.98 Å². The van der Waals surface area contributed by atoms with Crippen molar-refractivity contribution in [1.29, 1.82) is 0 Å². The SMILES string of the molecule is CC(C)c1ccc(N2C(=S)N[C@H](c3ccccn3)[C@H]2c2cccn2C2CCCC2)cc1. The fourth-order valence-corrected chi connectivity index (χ4v) is 5.47. The third-order valence-electron chi connectivity index (χ3n) is 6.77. The summed E-state index contributed by atoms with van der Waals surface area (Å²) in [6.07, 6.45) is 9.25. The van der Waals surface area contributed by atoms with E-state index in [1.54, 1.807) is 0 Å². The van der Waals surface area contributed by atoms with Crippen LogP contribution in [0.3, 0.4) is 0 Å². The standard InChI is InChI=1S/C26H30N4S/c1-18(2)19-12-14-21(15-13-19)30-25(23-11-7-17-29(23)20-8-3-4-9-20)24(28-26(30)31)22-10-5-6-16-27-22/h5-7,10-18,20,24-25H,3-4,8-9H2,1-2H3,(H,28,31)/t24-,25-/m1/s1. The zero-order valence-corrected chi connectivity index (χ0v) is 19.1. The lowest BCUT2D eigenvalue weighted by Crippen LogP contribution is -2.30. The molecule has 5 rings (SSSR count). The largest absolute Gasteiger partial charge is 0.351 e. The van der Waals surface area contributed by atoms with Gasteiger partial charge in [-0.25, -0.2) is 0 Å². The number of pyridine rings is 1. The summed E-state index contributed by atoms with van der Waals surface area (Å²) in [5.74, 6) is 0.509. The van der Waals surface area contributed by atoms with Crippen molar-refractivity contribution < 1.29 is 0 Å². The predicted octanol–water partition coefficient (Wildman–Crippen LogP) is 6.30. The average molecular weight is 431 g/mol. The Kier molecular flexibility index (Phi) is 5.53. The zero-order valence-electron chi connectivity index (χ0n) is 18.2. The number of rotatable bonds is 5. The van der Waals surface area contributed by atoms with Gasteiger partial charge in [-0.2, -0.15) is 0 Å². The van der Waals surface area contributed by atoms with Crippen LogP contribution in [0, 0.1) is 0 Å². The summed E-state index contributed by atoms with van der Waals surface area (Å²) >= 11 is 5.89. The summed E-state index contributed by atoms with van der Waals surface area (Å²) < 4.78 is 2.50. The molecule has 160 valence electrons. The van der Waals surface area contributed by atoms with Crippen LogP contribution in [-0.2, 0) is 0 Å². The number of benzene rings is 1. The van der Waals surface area contributed by atoms with Gasteiger partial charge in [-0.05, 0) is 72.9 Å². The van der Waals surface area contributed by atoms with Crippen LogP contribution < -0.4 is 10.2 Å². The first-order chi connectivity index (χ1) is 15.1. The Morgan fingerprint density at radius 2 is 1.77 bits per heavy atom. The lowest BCUT2D eigenvalue weighted by atomic mass is 9.99. The topological polar surface area (TPSA) is 33.1 Å². The van der Waals surface area contributed by atoms with E-state index in [1.165, 1.54) is 36.9 Å². The summed E-state index contributed by atoms with van der Waals surface area (Å²) in [5, 5.41) is 4.36. The van der Waals surface area contributed by atoms with E-state index in [0.29, 0.717) is 12.0 Å². The van der Waals surface area contributed by atoms with Crippen molar-refractivity contribution in [3.8, 4) is 0 Å². The molecule has 2 aromatic heterocycles. The molecule has 31 heavy (non-hydrogen) atoms. The Hall–Kier alpha value is -2.66. The molecule has 2 fully saturated rings. The summed E-state index contributed by atoms with van der Waals surface area (Å²) in [4.78, 5) is 6.98. The molecule has 0 amide bonds. The van der Waals surface area contributed by atoms with Crippen molar-refractivity contribution in [2.45, 2.75) is 63.6 Å². The minimum atomic E-state index is 0.00790. The first-order valence-corrected chi connectivity index (χ1v) is 11.8. The van der Waals surface area contributed by atoms with Gasteiger partial charge >= 0.3 is 0 Å². The van der Waals surface area contributed by atoms with Gasteiger partial charge < -0.3 is 14.8 Å². The van der Waals surface area contributed by atoms with Crippen LogP contribution in [0.2, 0.25) is 0 Å². The molecule has 1 aliphatic heterocycles. The van der Waals surface area contributed by atoms with Crippen molar-refractivity contribution in [3.63, 3.8) is 0 Å². The van der Waals surface area contributed by atoms with Gasteiger partial charge in [0.1, 0.15) is 6.04 Å². The summed E-state index contributed by atoms with van der Waals surface area (Å²) in [6, 6.07) is 20.1. The molecule has 1 saturated heterocycles. The van der Waals surface area contributed by atoms with E-state index >= 15 is 0 Å². The molecular formula is C26H30N4S. The van der Waals surface area contributed by atoms with E-state index in [9.17, 15) is 0 Å². The maximum Gasteiger partial charge on any atom is 0.174 e. The fourth-order valence-electron chi connectivity index (χ4n) is 5.13. The van der Waals surface area contributed by atoms with Gasteiger partial charge in [0.15, 0.2) is 5.11 Å². The number of hydrogen-bond acceptors (Lipinski definition) is 2. The number of thiocarbonyl (C=S) groups is 1. The highest BCUT2D eigenvalue weighted by molar-refractivity contribution is 7.80. The van der Waals surface area contributed by atoms with Crippen LogP contribution in [0.25, 0.3) is 0 Å². The van der Waals surface area contributed by atoms with Gasteiger partial charge in [0, 0.05) is 29.8 Å². The molecule has 1 saturated carbocycles. The first kappa shape index (κ1) is 20.3. The van der Waals surface area contributed by atoms with E-state index in [0.717, 1.165) is 16.5 Å². The van der Waals surface area contributed by atoms with Gasteiger partial charge in [0.2, 0.25) is 0 Å². The van der Waals surface area contributed by atoms with E-state index in [2.05, 4.69) is 88.3 Å². The van der Waals surface area contributed by atoms with E-state index in [4.69, 9.17) is 12.2 Å². The van der Waals surface area contributed by atoms with Gasteiger partial charge in [-0.1, -0.05) is 44.9 Å². The lowest BCUT2D eigenvalue weighted by Gasteiger charge is -2.30. The second-order valence-corrected chi connectivity index (χ2v) is 9.41. The molecule has 2 aliphatic rings. The van der Waals surface area contributed by atoms with E-state index in [1.807, 2.05) is 12.3 Å². The molecule has 3 aromatic rings. The molecule has 0 radical (unpaired) electrons. The van der Waals surface area contributed by atoms with Crippen molar-refractivity contribution in [3.05, 3.63) is 83.9 Å². The van der Waals surface area contributed by atoms with Crippen molar-refractivity contribution in [2.24, 2.45) is 0 Å². The number of nitrogens with zero attached hydrogens (tertiary/aromatic N) is 3. The third-order valence-corrected chi connectivity index (χ3v) is 7.08. The zero-order chi connectivity index (χ0) is 21.4. The number of hydrogen-bond donors (Lipinski definition) is 1. The minimum Gasteiger partial charge on any atom is -0.351 e. The van der Waals surface area contributed by atoms with Crippen molar-refractivity contribution in [1.82, 2.24) is 14.9 Å². The van der Waals surface area contributed by atoms with Gasteiger partial charge in [0.25, 0.3) is 0 Å². The summed E-state index contributed by atoms with van der Waals surface area (Å²) in [6.45, 7) is 4.46. The molecule has 4 nitrogen and oxygen atoms in total. The fraction of sp³-hybridized carbons (Fsp3) is 0.385. The van der Waals surface area contributed by atoms with Crippen molar-refractivity contribution in [2.75, 3.05) is 4.90 Å². The molecule has 2 atom stereocenters. The van der Waals surface area contributed by atoms with Crippen LogP contribution >= 0.6 is 12.2 Å². The first-order valence-electron chi connectivity index (χ1n) is 11.4. The molecule has 1 N–H and O–H groups in total. The highest BCUT2D eigenvalue weighted by atomic mass is 32.1. The molecular weight excluding hydrogens is 400 g/mol. The maximum absolute atomic E-state index is 5.89. The van der Waals surface area contributed by atoms with Crippen LogP contribution in [0.5, 0.6) is 0 Å².